The third-order valence-electron chi connectivity index (χ3n) is 5.92. The summed E-state index contributed by atoms with van der Waals surface area (Å²) >= 11 is 0. The lowest BCUT2D eigenvalue weighted by atomic mass is 10.00. The molecule has 0 radical (unpaired) electrons. The van der Waals surface area contributed by atoms with E-state index in [1.54, 1.807) is 26.1 Å². The third kappa shape index (κ3) is 3.60. The molecule has 0 spiro atoms. The molecule has 1 aliphatic heterocycles. The van der Waals surface area contributed by atoms with E-state index in [4.69, 9.17) is 0 Å². The van der Waals surface area contributed by atoms with Gasteiger partial charge in [0.1, 0.15) is 5.54 Å². The Morgan fingerprint density at radius 2 is 1.65 bits per heavy atom. The van der Waals surface area contributed by atoms with Crippen molar-refractivity contribution in [3.05, 3.63) is 65.9 Å². The molecule has 0 atom stereocenters. The van der Waals surface area contributed by atoms with Gasteiger partial charge < -0.3 is 4.90 Å². The fraction of sp³-hybridized carbons (Fsp3) is 0.261. The van der Waals surface area contributed by atoms with Crippen LogP contribution in [0.3, 0.4) is 0 Å². The summed E-state index contributed by atoms with van der Waals surface area (Å²) in [5, 5.41) is 0.862. The first-order chi connectivity index (χ1) is 15.8. The molecule has 3 amide bonds. The summed E-state index contributed by atoms with van der Waals surface area (Å²) in [6.45, 7) is 5.16. The number of amides is 3. The molecular weight excluding hydrogens is 471 g/mol. The number of carbonyl (C=O) groups excluding carboxylic acids is 2. The number of carbonyl (C=O) groups is 2. The van der Waals surface area contributed by atoms with E-state index in [0.717, 1.165) is 51.2 Å². The maximum Gasteiger partial charge on any atom is 0.501 e. The fourth-order valence-electron chi connectivity index (χ4n) is 4.01. The number of sulfone groups is 1. The SMILES string of the molecule is Cc1cccc2nccc(CN3C(=O)N(c4ccc(S(=O)(=O)C(F)(F)F)cc4)C(=O)C3(C)C)c12. The van der Waals surface area contributed by atoms with Crippen molar-refractivity contribution in [2.45, 2.75) is 43.3 Å². The van der Waals surface area contributed by atoms with Gasteiger partial charge in [0.15, 0.2) is 0 Å². The summed E-state index contributed by atoms with van der Waals surface area (Å²) in [4.78, 5) is 32.1. The van der Waals surface area contributed by atoms with Crippen molar-refractivity contribution in [1.82, 2.24) is 9.88 Å². The second kappa shape index (κ2) is 7.79. The molecule has 0 aliphatic carbocycles. The number of hydrogen-bond acceptors (Lipinski definition) is 5. The predicted molar refractivity (Wildman–Crippen MR) is 119 cm³/mol. The van der Waals surface area contributed by atoms with Gasteiger partial charge in [-0.25, -0.2) is 18.1 Å². The largest absolute Gasteiger partial charge is 0.501 e. The number of rotatable bonds is 4. The van der Waals surface area contributed by atoms with Gasteiger partial charge in [-0.3, -0.25) is 9.78 Å². The Hall–Kier alpha value is -3.47. The Bertz CT molecular complexity index is 1410. The molecule has 1 saturated heterocycles. The lowest BCUT2D eigenvalue weighted by Gasteiger charge is -2.28. The van der Waals surface area contributed by atoms with Crippen molar-refractivity contribution in [3.63, 3.8) is 0 Å². The minimum absolute atomic E-state index is 0.0255. The summed E-state index contributed by atoms with van der Waals surface area (Å²) in [6, 6.07) is 10.2. The lowest BCUT2D eigenvalue weighted by Crippen LogP contribution is -2.43. The molecule has 0 N–H and O–H groups in total. The summed E-state index contributed by atoms with van der Waals surface area (Å²) in [5.74, 6) is -0.584. The molecule has 1 fully saturated rings. The lowest BCUT2D eigenvalue weighted by molar-refractivity contribution is -0.123. The first kappa shape index (κ1) is 23.7. The molecule has 2 aromatic carbocycles. The number of halogens is 3. The van der Waals surface area contributed by atoms with Crippen LogP contribution in [0, 0.1) is 6.92 Å². The number of benzene rings is 2. The van der Waals surface area contributed by atoms with E-state index in [9.17, 15) is 31.2 Å². The van der Waals surface area contributed by atoms with Crippen LogP contribution in [-0.4, -0.2) is 41.3 Å². The van der Waals surface area contributed by atoms with E-state index in [0.29, 0.717) is 0 Å². The van der Waals surface area contributed by atoms with Gasteiger partial charge in [-0.2, -0.15) is 13.2 Å². The minimum atomic E-state index is -5.55. The molecule has 1 aliphatic rings. The smallest absolute Gasteiger partial charge is 0.305 e. The Balaban J connectivity index is 1.70. The molecule has 34 heavy (non-hydrogen) atoms. The molecule has 0 unspecified atom stereocenters. The number of pyridine rings is 1. The molecule has 11 heteroatoms. The van der Waals surface area contributed by atoms with Crippen LogP contribution in [0.2, 0.25) is 0 Å². The highest BCUT2D eigenvalue weighted by Gasteiger charge is 2.52. The van der Waals surface area contributed by atoms with E-state index in [-0.39, 0.29) is 12.2 Å². The van der Waals surface area contributed by atoms with Crippen LogP contribution in [0.5, 0.6) is 0 Å². The Kier molecular flexibility index (Phi) is 5.43. The molecule has 178 valence electrons. The van der Waals surface area contributed by atoms with Gasteiger partial charge in [-0.05, 0) is 68.3 Å². The number of aryl methyl sites for hydroxylation is 1. The number of imide groups is 1. The summed E-state index contributed by atoms with van der Waals surface area (Å²) in [6.07, 6.45) is 1.62. The number of anilines is 1. The molecular formula is C23H20F3N3O4S. The number of aromatic nitrogens is 1. The van der Waals surface area contributed by atoms with Crippen molar-refractivity contribution in [2.24, 2.45) is 0 Å². The van der Waals surface area contributed by atoms with Crippen LogP contribution in [0.4, 0.5) is 23.7 Å². The van der Waals surface area contributed by atoms with Crippen molar-refractivity contribution in [2.75, 3.05) is 4.90 Å². The minimum Gasteiger partial charge on any atom is -0.305 e. The molecule has 2 heterocycles. The summed E-state index contributed by atoms with van der Waals surface area (Å²) < 4.78 is 61.7. The molecule has 0 saturated carbocycles. The highest BCUT2D eigenvalue weighted by atomic mass is 32.2. The standard InChI is InChI=1S/C23H20F3N3O4S/c1-14-5-4-6-18-19(14)15(11-12-27-18)13-28-21(31)29(20(30)22(28,2)3)16-7-9-17(10-8-16)34(32,33)23(24,25)26/h4-12H,13H2,1-3H3. The number of urea groups is 1. The number of nitrogens with zero attached hydrogens (tertiary/aromatic N) is 3. The Morgan fingerprint density at radius 3 is 2.26 bits per heavy atom. The topological polar surface area (TPSA) is 87.7 Å². The van der Waals surface area contributed by atoms with Crippen LogP contribution in [0.25, 0.3) is 10.9 Å². The van der Waals surface area contributed by atoms with Crippen LogP contribution in [-0.2, 0) is 21.2 Å². The second-order valence-electron chi connectivity index (χ2n) is 8.45. The molecule has 0 bridgehead atoms. The van der Waals surface area contributed by atoms with Gasteiger partial charge in [-0.1, -0.05) is 12.1 Å². The first-order valence-corrected chi connectivity index (χ1v) is 11.7. The van der Waals surface area contributed by atoms with Crippen molar-refractivity contribution < 1.29 is 31.2 Å². The highest BCUT2D eigenvalue weighted by molar-refractivity contribution is 7.92. The normalized spacial score (nSPS) is 16.5. The zero-order valence-corrected chi connectivity index (χ0v) is 19.2. The van der Waals surface area contributed by atoms with E-state index in [1.807, 2.05) is 25.1 Å². The average Bonchev–Trinajstić information content (AvgIpc) is 2.92. The quantitative estimate of drug-likeness (QED) is 0.499. The number of fused-ring (bicyclic) bond motifs is 1. The molecule has 3 aromatic rings. The summed E-state index contributed by atoms with van der Waals surface area (Å²) in [7, 11) is -5.55. The van der Waals surface area contributed by atoms with Crippen molar-refractivity contribution in [1.29, 1.82) is 0 Å². The van der Waals surface area contributed by atoms with Gasteiger partial charge in [0, 0.05) is 18.1 Å². The van der Waals surface area contributed by atoms with E-state index in [2.05, 4.69) is 4.98 Å². The predicted octanol–water partition coefficient (Wildman–Crippen LogP) is 4.58. The van der Waals surface area contributed by atoms with Gasteiger partial charge in [0.2, 0.25) is 0 Å². The zero-order valence-electron chi connectivity index (χ0n) is 18.4. The third-order valence-corrected chi connectivity index (χ3v) is 7.43. The van der Waals surface area contributed by atoms with Crippen LogP contribution < -0.4 is 4.90 Å². The van der Waals surface area contributed by atoms with Crippen molar-refractivity contribution >= 4 is 38.4 Å². The maximum atomic E-state index is 13.3. The van der Waals surface area contributed by atoms with E-state index >= 15 is 0 Å². The van der Waals surface area contributed by atoms with Crippen LogP contribution in [0.15, 0.2) is 59.6 Å². The summed E-state index contributed by atoms with van der Waals surface area (Å²) in [5.41, 5.74) is -4.26. The Labute approximate surface area is 193 Å². The van der Waals surface area contributed by atoms with Gasteiger partial charge in [0.05, 0.1) is 16.1 Å². The maximum absolute atomic E-state index is 13.3. The van der Waals surface area contributed by atoms with Crippen LogP contribution >= 0.6 is 0 Å². The molecule has 7 nitrogen and oxygen atoms in total. The Morgan fingerprint density at radius 1 is 1.00 bits per heavy atom. The zero-order chi connectivity index (χ0) is 25.1. The monoisotopic (exact) mass is 491 g/mol. The van der Waals surface area contributed by atoms with Gasteiger partial charge in [0.25, 0.3) is 15.7 Å². The molecule has 1 aromatic heterocycles. The number of alkyl halides is 3. The highest BCUT2D eigenvalue weighted by Crippen LogP contribution is 2.36. The van der Waals surface area contributed by atoms with E-state index < -0.39 is 37.7 Å². The molecule has 4 rings (SSSR count). The van der Waals surface area contributed by atoms with E-state index in [1.165, 1.54) is 4.90 Å². The van der Waals surface area contributed by atoms with Crippen molar-refractivity contribution in [3.8, 4) is 0 Å². The van der Waals surface area contributed by atoms with Crippen LogP contribution in [0.1, 0.15) is 25.0 Å². The average molecular weight is 491 g/mol. The fourth-order valence-corrected chi connectivity index (χ4v) is 4.77. The first-order valence-electron chi connectivity index (χ1n) is 10.2. The van der Waals surface area contributed by atoms with Gasteiger partial charge in [-0.15, -0.1) is 0 Å². The number of hydrogen-bond donors (Lipinski definition) is 0. The second-order valence-corrected chi connectivity index (χ2v) is 10.4. The van der Waals surface area contributed by atoms with Gasteiger partial charge >= 0.3 is 11.5 Å².